The van der Waals surface area contributed by atoms with Gasteiger partial charge in [-0.3, -0.25) is 4.79 Å². The molecule has 2 aliphatic heterocycles. The molecule has 2 fully saturated rings. The molecule has 2 heterocycles. The predicted molar refractivity (Wildman–Crippen MR) is 115 cm³/mol. The Labute approximate surface area is 173 Å². The predicted octanol–water partition coefficient (Wildman–Crippen LogP) is 2.87. The lowest BCUT2D eigenvalue weighted by Gasteiger charge is -2.42. The number of amides is 1. The van der Waals surface area contributed by atoms with Crippen LogP contribution in [-0.4, -0.2) is 61.1 Å². The van der Waals surface area contributed by atoms with Crippen LogP contribution in [0.4, 0.5) is 0 Å². The maximum atomic E-state index is 13.5. The minimum Gasteiger partial charge on any atom is -0.373 e. The number of likely N-dealkylation sites (tertiary alicyclic amines) is 1. The minimum atomic E-state index is -0.0678. The van der Waals surface area contributed by atoms with Gasteiger partial charge in [0.05, 0.1) is 18.8 Å². The van der Waals surface area contributed by atoms with Gasteiger partial charge in [-0.25, -0.2) is 0 Å². The number of benzene rings is 2. The zero-order chi connectivity index (χ0) is 20.1. The summed E-state index contributed by atoms with van der Waals surface area (Å²) in [6, 6.07) is 18.1. The van der Waals surface area contributed by atoms with Crippen LogP contribution in [-0.2, 0) is 11.2 Å². The second-order valence-electron chi connectivity index (χ2n) is 8.01. The standard InChI is InChI=1S/C24H31N3O2/c25-13-12-19-8-10-21(11-9-19)24(28)27-16-17-29-22(18-26-14-4-5-15-26)23(27)20-6-2-1-3-7-20/h1-3,6-11,22-23H,4-5,12-18,25H2/t22-,23-/m0/s1. The molecule has 2 saturated heterocycles. The molecule has 5 nitrogen and oxygen atoms in total. The van der Waals surface area contributed by atoms with Gasteiger partial charge in [0, 0.05) is 18.7 Å². The average molecular weight is 394 g/mol. The summed E-state index contributed by atoms with van der Waals surface area (Å²) < 4.78 is 6.22. The number of morpholine rings is 1. The van der Waals surface area contributed by atoms with E-state index >= 15 is 0 Å². The average Bonchev–Trinajstić information content (AvgIpc) is 3.28. The fraction of sp³-hybridized carbons (Fsp3) is 0.458. The molecule has 2 aromatic rings. The summed E-state index contributed by atoms with van der Waals surface area (Å²) >= 11 is 0. The molecule has 0 spiro atoms. The third-order valence-corrected chi connectivity index (χ3v) is 6.02. The minimum absolute atomic E-state index is 0.00952. The highest BCUT2D eigenvalue weighted by Gasteiger charge is 2.37. The number of rotatable bonds is 6. The van der Waals surface area contributed by atoms with Crippen molar-refractivity contribution < 1.29 is 9.53 Å². The van der Waals surface area contributed by atoms with Crippen LogP contribution < -0.4 is 5.73 Å². The number of ether oxygens (including phenoxy) is 1. The molecule has 2 aliphatic rings. The van der Waals surface area contributed by atoms with Gasteiger partial charge in [0.1, 0.15) is 0 Å². The Kier molecular flexibility index (Phi) is 6.60. The van der Waals surface area contributed by atoms with Crippen LogP contribution in [0.2, 0.25) is 0 Å². The summed E-state index contributed by atoms with van der Waals surface area (Å²) in [4.78, 5) is 17.9. The molecule has 0 radical (unpaired) electrons. The zero-order valence-electron chi connectivity index (χ0n) is 17.0. The van der Waals surface area contributed by atoms with Crippen LogP contribution in [0.25, 0.3) is 0 Å². The van der Waals surface area contributed by atoms with Gasteiger partial charge < -0.3 is 20.3 Å². The number of nitrogens with two attached hydrogens (primary N) is 1. The van der Waals surface area contributed by atoms with Crippen molar-refractivity contribution in [2.45, 2.75) is 31.4 Å². The first-order valence-electron chi connectivity index (χ1n) is 10.7. The first-order chi connectivity index (χ1) is 14.3. The number of carbonyl (C=O) groups excluding carboxylic acids is 1. The fourth-order valence-corrected chi connectivity index (χ4v) is 4.52. The van der Waals surface area contributed by atoms with Gasteiger partial charge in [-0.2, -0.15) is 0 Å². The largest absolute Gasteiger partial charge is 0.373 e. The molecule has 0 bridgehead atoms. The van der Waals surface area contributed by atoms with Crippen molar-refractivity contribution in [3.63, 3.8) is 0 Å². The van der Waals surface area contributed by atoms with Crippen molar-refractivity contribution >= 4 is 5.91 Å². The van der Waals surface area contributed by atoms with Crippen LogP contribution in [0.5, 0.6) is 0 Å². The monoisotopic (exact) mass is 393 g/mol. The first-order valence-corrected chi connectivity index (χ1v) is 10.7. The van der Waals surface area contributed by atoms with E-state index in [1.165, 1.54) is 12.8 Å². The quantitative estimate of drug-likeness (QED) is 0.820. The highest BCUT2D eigenvalue weighted by atomic mass is 16.5. The molecule has 2 N–H and O–H groups in total. The van der Waals surface area contributed by atoms with E-state index in [1.807, 2.05) is 47.4 Å². The third-order valence-electron chi connectivity index (χ3n) is 6.02. The molecule has 4 rings (SSSR count). The summed E-state index contributed by atoms with van der Waals surface area (Å²) in [5.41, 5.74) is 8.68. The molecule has 154 valence electrons. The van der Waals surface area contributed by atoms with Crippen molar-refractivity contribution in [2.24, 2.45) is 5.73 Å². The van der Waals surface area contributed by atoms with Crippen LogP contribution in [0, 0.1) is 0 Å². The highest BCUT2D eigenvalue weighted by molar-refractivity contribution is 5.94. The summed E-state index contributed by atoms with van der Waals surface area (Å²) in [6.07, 6.45) is 3.32. The van der Waals surface area contributed by atoms with Crippen LogP contribution in [0.3, 0.4) is 0 Å². The van der Waals surface area contributed by atoms with Crippen LogP contribution >= 0.6 is 0 Å². The number of nitrogens with zero attached hydrogens (tertiary/aromatic N) is 2. The topological polar surface area (TPSA) is 58.8 Å². The molecule has 29 heavy (non-hydrogen) atoms. The van der Waals surface area contributed by atoms with Gasteiger partial charge in [0.2, 0.25) is 0 Å². The Morgan fingerprint density at radius 1 is 1.00 bits per heavy atom. The number of hydrogen-bond acceptors (Lipinski definition) is 4. The number of hydrogen-bond donors (Lipinski definition) is 1. The van der Waals surface area contributed by atoms with Gasteiger partial charge in [0.15, 0.2) is 0 Å². The zero-order valence-corrected chi connectivity index (χ0v) is 17.0. The van der Waals surface area contributed by atoms with Crippen molar-refractivity contribution in [1.82, 2.24) is 9.80 Å². The molecule has 2 atom stereocenters. The van der Waals surface area contributed by atoms with Gasteiger partial charge in [0.25, 0.3) is 5.91 Å². The van der Waals surface area contributed by atoms with Crippen LogP contribution in [0.15, 0.2) is 54.6 Å². The first kappa shape index (κ1) is 20.1. The van der Waals surface area contributed by atoms with E-state index in [1.54, 1.807) is 0 Å². The van der Waals surface area contributed by atoms with Crippen molar-refractivity contribution in [3.05, 3.63) is 71.3 Å². The summed E-state index contributed by atoms with van der Waals surface area (Å²) in [5.74, 6) is 0.0767. The summed E-state index contributed by atoms with van der Waals surface area (Å²) in [6.45, 7) is 4.93. The smallest absolute Gasteiger partial charge is 0.254 e. The van der Waals surface area contributed by atoms with Crippen molar-refractivity contribution in [2.75, 3.05) is 39.3 Å². The molecule has 0 aliphatic carbocycles. The lowest BCUT2D eigenvalue weighted by atomic mass is 9.96. The number of carbonyl (C=O) groups is 1. The van der Waals surface area contributed by atoms with E-state index < -0.39 is 0 Å². The Morgan fingerprint density at radius 3 is 2.41 bits per heavy atom. The maximum Gasteiger partial charge on any atom is 0.254 e. The molecule has 0 saturated carbocycles. The van der Waals surface area contributed by atoms with Crippen molar-refractivity contribution in [1.29, 1.82) is 0 Å². The molecule has 2 aromatic carbocycles. The summed E-state index contributed by atoms with van der Waals surface area (Å²) in [5, 5.41) is 0. The Balaban J connectivity index is 1.59. The van der Waals surface area contributed by atoms with Gasteiger partial charge >= 0.3 is 0 Å². The fourth-order valence-electron chi connectivity index (χ4n) is 4.52. The molecule has 0 aromatic heterocycles. The van der Waals surface area contributed by atoms with E-state index in [2.05, 4.69) is 17.0 Å². The molecule has 0 unspecified atom stereocenters. The van der Waals surface area contributed by atoms with Crippen molar-refractivity contribution in [3.8, 4) is 0 Å². The maximum absolute atomic E-state index is 13.5. The van der Waals surface area contributed by atoms with Gasteiger partial charge in [-0.15, -0.1) is 0 Å². The SMILES string of the molecule is NCCc1ccc(C(=O)N2CCO[C@@H](CN3CCCC3)[C@@H]2c2ccccc2)cc1. The third kappa shape index (κ3) is 4.69. The Hall–Kier alpha value is -2.21. The second kappa shape index (κ2) is 9.53. The van der Waals surface area contributed by atoms with Gasteiger partial charge in [-0.05, 0) is 62.2 Å². The van der Waals surface area contributed by atoms with E-state index in [0.717, 1.165) is 42.7 Å². The van der Waals surface area contributed by atoms with Crippen LogP contribution in [0.1, 0.15) is 40.4 Å². The molecular formula is C24H31N3O2. The lowest BCUT2D eigenvalue weighted by molar-refractivity contribution is -0.0707. The normalized spacial score (nSPS) is 22.7. The molecule has 5 heteroatoms. The van der Waals surface area contributed by atoms with E-state index in [0.29, 0.717) is 19.7 Å². The van der Waals surface area contributed by atoms with E-state index in [4.69, 9.17) is 10.5 Å². The second-order valence-corrected chi connectivity index (χ2v) is 8.01. The Morgan fingerprint density at radius 2 is 1.72 bits per heavy atom. The molecule has 1 amide bonds. The highest BCUT2D eigenvalue weighted by Crippen LogP contribution is 2.32. The van der Waals surface area contributed by atoms with E-state index in [-0.39, 0.29) is 18.1 Å². The van der Waals surface area contributed by atoms with Gasteiger partial charge in [-0.1, -0.05) is 42.5 Å². The lowest BCUT2D eigenvalue weighted by Crippen LogP contribution is -2.51. The van der Waals surface area contributed by atoms with E-state index in [9.17, 15) is 4.79 Å². The molecular weight excluding hydrogens is 362 g/mol. The Bertz CT molecular complexity index is 788. The summed E-state index contributed by atoms with van der Waals surface area (Å²) in [7, 11) is 0.